The lowest BCUT2D eigenvalue weighted by Crippen LogP contribution is -2.30. The number of carbonyl (C=O) groups excluding carboxylic acids is 5. The number of fused-ring (bicyclic) bond motifs is 1. The van der Waals surface area contributed by atoms with Crippen molar-refractivity contribution in [2.75, 3.05) is 44.6 Å². The number of unbranched alkanes of at least 4 members (excludes halogenated alkanes) is 9. The third-order valence-corrected chi connectivity index (χ3v) is 15.9. The molecule has 0 unspecified atom stereocenters. The highest BCUT2D eigenvalue weighted by atomic mass is 32.1. The molecule has 1 heterocycles. The average Bonchev–Trinajstić information content (AvgIpc) is 4.23. The highest BCUT2D eigenvalue weighted by Crippen LogP contribution is 2.35. The Kier molecular flexibility index (Phi) is 26.4. The smallest absolute Gasteiger partial charge is 0.330 e. The molecule has 0 radical (unpaired) electrons. The van der Waals surface area contributed by atoms with E-state index in [1.807, 2.05) is 47.5 Å². The van der Waals surface area contributed by atoms with Crippen molar-refractivity contribution < 1.29 is 61.9 Å². The maximum atomic E-state index is 14.0. The third kappa shape index (κ3) is 21.6. The van der Waals surface area contributed by atoms with Crippen LogP contribution in [0.3, 0.4) is 0 Å². The second-order valence-electron chi connectivity index (χ2n) is 21.1. The van der Waals surface area contributed by atoms with Crippen LogP contribution < -0.4 is 33.4 Å². The fraction of sp³-hybridized carbons (Fsp3) is 0.470. The molecule has 0 saturated heterocycles. The first-order valence-electron chi connectivity index (χ1n) is 29.7. The lowest BCUT2D eigenvalue weighted by Gasteiger charge is -2.27. The summed E-state index contributed by atoms with van der Waals surface area (Å²) in [6.45, 7) is 12.0. The van der Waals surface area contributed by atoms with Crippen LogP contribution in [0.5, 0.6) is 34.5 Å². The summed E-state index contributed by atoms with van der Waals surface area (Å²) in [5.74, 6) is 0.788. The molecule has 444 valence electrons. The van der Waals surface area contributed by atoms with Gasteiger partial charge in [-0.3, -0.25) is 14.4 Å². The van der Waals surface area contributed by atoms with Gasteiger partial charge in [-0.15, -0.1) is 0 Å². The summed E-state index contributed by atoms with van der Waals surface area (Å²) in [7, 11) is 0. The topological polar surface area (TPSA) is 188 Å². The van der Waals surface area contributed by atoms with Crippen LogP contribution in [0, 0.1) is 23.7 Å². The first kappa shape index (κ1) is 63.1. The molecule has 0 atom stereocenters. The Morgan fingerprint density at radius 3 is 1.57 bits per heavy atom. The van der Waals surface area contributed by atoms with E-state index >= 15 is 0 Å². The number of benzene rings is 4. The molecule has 2 aliphatic rings. The van der Waals surface area contributed by atoms with Gasteiger partial charge in [0.2, 0.25) is 5.13 Å². The number of para-hydroxylation sites is 1. The van der Waals surface area contributed by atoms with E-state index < -0.39 is 17.9 Å². The van der Waals surface area contributed by atoms with Gasteiger partial charge in [-0.1, -0.05) is 62.8 Å². The van der Waals surface area contributed by atoms with Crippen LogP contribution in [0.15, 0.2) is 121 Å². The Labute approximate surface area is 492 Å². The molecule has 0 aliphatic heterocycles. The molecular weight excluding hydrogens is 1070 g/mol. The molecule has 2 aliphatic carbocycles. The Morgan fingerprint density at radius 2 is 1.04 bits per heavy atom. The van der Waals surface area contributed by atoms with E-state index in [1.165, 1.54) is 6.08 Å². The molecule has 0 N–H and O–H groups in total. The van der Waals surface area contributed by atoms with Crippen LogP contribution in [0.2, 0.25) is 0 Å². The maximum Gasteiger partial charge on any atom is 0.330 e. The van der Waals surface area contributed by atoms with Crippen molar-refractivity contribution in [1.29, 1.82) is 0 Å². The number of hydrogen-bond acceptors (Lipinski definition) is 17. The standard InChI is InChI=1S/C66H81N3O13S/c1-4-7-8-15-40-69(66-68-58-20-13-14-21-60(58)83-66)67-46-52-45-57(79-47-48-22-24-49(25-23-48)63(72)80-55-34-30-53(31-35-55)75-41-16-9-11-18-43-77-61(70)5-2)38-39-59(52)82-65(74)51-28-26-50(27-29-51)64(73)81-56-36-32-54(33-37-56)76-42-17-10-12-19-44-78-62(71)6-3/h5-6,13-14,20-21,30-39,45-46,48-51H,2-4,7-12,15-19,22-29,40-44,47H2,1H3/b67-46+. The molecule has 16 nitrogen and oxygen atoms in total. The van der Waals surface area contributed by atoms with E-state index in [4.69, 9.17) is 48.0 Å². The number of anilines is 1. The lowest BCUT2D eigenvalue weighted by atomic mass is 9.82. The Balaban J connectivity index is 0.895. The first-order valence-corrected chi connectivity index (χ1v) is 30.5. The van der Waals surface area contributed by atoms with Crippen LogP contribution >= 0.6 is 11.3 Å². The summed E-state index contributed by atoms with van der Waals surface area (Å²) in [5, 5.41) is 7.70. The van der Waals surface area contributed by atoms with Crippen LogP contribution in [0.4, 0.5) is 5.13 Å². The van der Waals surface area contributed by atoms with Crippen LogP contribution in [0.25, 0.3) is 10.2 Å². The largest absolute Gasteiger partial charge is 0.494 e. The molecule has 0 bridgehead atoms. The summed E-state index contributed by atoms with van der Waals surface area (Å²) in [6.07, 6.45) is 20.2. The normalized spacial score (nSPS) is 16.8. The number of aromatic nitrogens is 1. The number of carbonyl (C=O) groups is 5. The minimum Gasteiger partial charge on any atom is -0.494 e. The van der Waals surface area contributed by atoms with Gasteiger partial charge >= 0.3 is 29.8 Å². The minimum atomic E-state index is -0.406. The van der Waals surface area contributed by atoms with Crippen molar-refractivity contribution in [3.05, 3.63) is 122 Å². The fourth-order valence-electron chi connectivity index (χ4n) is 9.90. The summed E-state index contributed by atoms with van der Waals surface area (Å²) in [4.78, 5) is 67.8. The van der Waals surface area contributed by atoms with E-state index in [2.05, 4.69) is 26.1 Å². The summed E-state index contributed by atoms with van der Waals surface area (Å²) in [6, 6.07) is 27.6. The number of hydrogen-bond donors (Lipinski definition) is 0. The predicted molar refractivity (Wildman–Crippen MR) is 322 cm³/mol. The number of ether oxygens (including phenoxy) is 8. The molecule has 5 aromatic rings. The van der Waals surface area contributed by atoms with Gasteiger partial charge in [-0.2, -0.15) is 5.10 Å². The second-order valence-corrected chi connectivity index (χ2v) is 22.2. The molecule has 2 fully saturated rings. The van der Waals surface area contributed by atoms with Crippen molar-refractivity contribution in [2.45, 2.75) is 135 Å². The van der Waals surface area contributed by atoms with E-state index in [0.29, 0.717) is 118 Å². The Morgan fingerprint density at radius 1 is 0.554 bits per heavy atom. The van der Waals surface area contributed by atoms with Gasteiger partial charge in [0.05, 0.1) is 67.2 Å². The van der Waals surface area contributed by atoms with Crippen LogP contribution in [-0.4, -0.2) is 80.6 Å². The third-order valence-electron chi connectivity index (χ3n) is 14.8. The molecule has 1 aromatic heterocycles. The van der Waals surface area contributed by atoms with Gasteiger partial charge in [-0.25, -0.2) is 19.6 Å². The van der Waals surface area contributed by atoms with Crippen molar-refractivity contribution in [2.24, 2.45) is 28.8 Å². The Hall–Kier alpha value is -7.53. The van der Waals surface area contributed by atoms with Crippen LogP contribution in [0.1, 0.15) is 141 Å². The maximum absolute atomic E-state index is 14.0. The van der Waals surface area contributed by atoms with Crippen molar-refractivity contribution in [1.82, 2.24) is 4.98 Å². The first-order chi connectivity index (χ1) is 40.6. The highest BCUT2D eigenvalue weighted by molar-refractivity contribution is 7.22. The highest BCUT2D eigenvalue weighted by Gasteiger charge is 2.33. The number of nitrogens with zero attached hydrogens (tertiary/aromatic N) is 3. The van der Waals surface area contributed by atoms with Gasteiger partial charge in [0, 0.05) is 24.3 Å². The Bertz CT molecular complexity index is 2840. The number of thiazole rings is 1. The SMILES string of the molecule is C=CC(=O)OCCCCCCOc1ccc(OC(=O)C2CCC(COc3ccc(OC(=O)C4CCC(C(=O)Oc5ccc(OCCCCCCOC(=O)C=C)cc5)CC4)c(/C=N/N(CCCCCC)c4nc5ccccc5s4)c3)CC2)cc1. The van der Waals surface area contributed by atoms with Crippen LogP contribution in [-0.2, 0) is 33.4 Å². The van der Waals surface area contributed by atoms with Gasteiger partial charge < -0.3 is 37.9 Å². The molecule has 7 rings (SSSR count). The zero-order valence-electron chi connectivity index (χ0n) is 48.1. The predicted octanol–water partition coefficient (Wildman–Crippen LogP) is 14.2. The van der Waals surface area contributed by atoms with E-state index in [0.717, 1.165) is 111 Å². The summed E-state index contributed by atoms with van der Waals surface area (Å²) in [5.41, 5.74) is 1.48. The van der Waals surface area contributed by atoms with Gasteiger partial charge in [0.25, 0.3) is 0 Å². The molecule has 83 heavy (non-hydrogen) atoms. The zero-order valence-corrected chi connectivity index (χ0v) is 48.9. The molecule has 17 heteroatoms. The van der Waals surface area contributed by atoms with Crippen molar-refractivity contribution in [3.63, 3.8) is 0 Å². The monoisotopic (exact) mass is 1160 g/mol. The molecule has 0 spiro atoms. The van der Waals surface area contributed by atoms with Crippen molar-refractivity contribution in [3.8, 4) is 34.5 Å². The fourth-order valence-corrected chi connectivity index (χ4v) is 10.9. The average molecular weight is 1160 g/mol. The molecule has 0 amide bonds. The quantitative estimate of drug-likeness (QED) is 0.00930. The molecular formula is C66H81N3O13S. The molecule has 2 saturated carbocycles. The van der Waals surface area contributed by atoms with E-state index in [1.54, 1.807) is 60.0 Å². The molecule has 4 aromatic carbocycles. The number of rotatable bonds is 35. The summed E-state index contributed by atoms with van der Waals surface area (Å²) < 4.78 is 47.0. The number of esters is 5. The lowest BCUT2D eigenvalue weighted by molar-refractivity contribution is -0.145. The van der Waals surface area contributed by atoms with Gasteiger partial charge in [0.15, 0.2) is 0 Å². The second kappa shape index (κ2) is 34.8. The van der Waals surface area contributed by atoms with Crippen molar-refractivity contribution >= 4 is 62.7 Å². The number of hydrazone groups is 1. The minimum absolute atomic E-state index is 0.212. The summed E-state index contributed by atoms with van der Waals surface area (Å²) >= 11 is 1.58. The van der Waals surface area contributed by atoms with Gasteiger partial charge in [0.1, 0.15) is 34.5 Å². The zero-order chi connectivity index (χ0) is 58.4. The van der Waals surface area contributed by atoms with E-state index in [9.17, 15) is 24.0 Å². The van der Waals surface area contributed by atoms with Gasteiger partial charge in [-0.05, 0) is 194 Å². The van der Waals surface area contributed by atoms with E-state index in [-0.39, 0.29) is 35.7 Å².